The molecule has 2 N–H and O–H groups in total. The number of nitrogens with zero attached hydrogens (tertiary/aromatic N) is 1. The molecule has 21 heavy (non-hydrogen) atoms. The summed E-state index contributed by atoms with van der Waals surface area (Å²) >= 11 is 0. The Labute approximate surface area is 128 Å². The second-order valence-corrected chi connectivity index (χ2v) is 5.16. The lowest BCUT2D eigenvalue weighted by molar-refractivity contribution is 0.0120. The molecule has 2 heterocycles. The highest BCUT2D eigenvalue weighted by Crippen LogP contribution is 2.47. The minimum Gasteiger partial charge on any atom is -0.508 e. The first-order valence-electron chi connectivity index (χ1n) is 6.64. The van der Waals surface area contributed by atoms with Crippen LogP contribution in [0.3, 0.4) is 0 Å². The number of fused-ring (bicyclic) bond motifs is 4. The number of hydrogen-bond acceptors (Lipinski definition) is 4. The van der Waals surface area contributed by atoms with Crippen LogP contribution in [0.1, 0.15) is 23.6 Å². The van der Waals surface area contributed by atoms with Crippen LogP contribution in [0.4, 0.5) is 0 Å². The quantitative estimate of drug-likeness (QED) is 0.851. The van der Waals surface area contributed by atoms with Crippen molar-refractivity contribution in [1.82, 2.24) is 5.32 Å². The van der Waals surface area contributed by atoms with Gasteiger partial charge in [-0.2, -0.15) is 0 Å². The van der Waals surface area contributed by atoms with Crippen LogP contribution in [0.5, 0.6) is 11.5 Å². The number of benzene rings is 2. The number of aliphatic imine (C=N–C) groups is 1. The number of aromatic hydroxyl groups is 1. The summed E-state index contributed by atoms with van der Waals surface area (Å²) in [5.74, 6) is 0.894. The van der Waals surface area contributed by atoms with Crippen LogP contribution in [0.2, 0.25) is 0 Å². The molecule has 5 heteroatoms. The number of nitrogens with one attached hydrogen (secondary N) is 1. The Kier molecular flexibility index (Phi) is 3.26. The Morgan fingerprint density at radius 3 is 2.81 bits per heavy atom. The van der Waals surface area contributed by atoms with Crippen molar-refractivity contribution in [2.75, 3.05) is 0 Å². The lowest BCUT2D eigenvalue weighted by Gasteiger charge is -2.43. The van der Waals surface area contributed by atoms with E-state index in [4.69, 9.17) is 4.74 Å². The molecule has 4 rings (SSSR count). The minimum absolute atomic E-state index is 0. The first-order valence-corrected chi connectivity index (χ1v) is 6.64. The van der Waals surface area contributed by atoms with Crippen LogP contribution in [-0.2, 0) is 5.72 Å². The number of rotatable bonds is 1. The topological polar surface area (TPSA) is 53.9 Å². The summed E-state index contributed by atoms with van der Waals surface area (Å²) in [6, 6.07) is 15.3. The van der Waals surface area contributed by atoms with Crippen LogP contribution >= 0.6 is 12.4 Å². The van der Waals surface area contributed by atoms with Crippen molar-refractivity contribution < 1.29 is 9.84 Å². The van der Waals surface area contributed by atoms with Gasteiger partial charge in [-0.3, -0.25) is 4.99 Å². The third-order valence-corrected chi connectivity index (χ3v) is 3.91. The highest BCUT2D eigenvalue weighted by molar-refractivity contribution is 5.85. The molecular weight excluding hydrogens is 288 g/mol. The van der Waals surface area contributed by atoms with Crippen LogP contribution in [-0.4, -0.2) is 11.4 Å². The predicted molar refractivity (Wildman–Crippen MR) is 83.1 cm³/mol. The molecule has 0 aromatic heterocycles. The molecule has 0 amide bonds. The zero-order valence-corrected chi connectivity index (χ0v) is 12.0. The maximum absolute atomic E-state index is 9.67. The van der Waals surface area contributed by atoms with Gasteiger partial charge in [0.1, 0.15) is 11.5 Å². The molecular formula is C16H15ClN2O2. The van der Waals surface area contributed by atoms with Gasteiger partial charge in [0, 0.05) is 23.6 Å². The lowest BCUT2D eigenvalue weighted by Crippen LogP contribution is -2.52. The Bertz CT molecular complexity index is 690. The first kappa shape index (κ1) is 13.8. The molecule has 2 atom stereocenters. The molecule has 0 saturated heterocycles. The van der Waals surface area contributed by atoms with Gasteiger partial charge in [0.2, 0.25) is 5.72 Å². The Morgan fingerprint density at radius 2 is 2.00 bits per heavy atom. The van der Waals surface area contributed by atoms with Gasteiger partial charge in [0.15, 0.2) is 0 Å². The highest BCUT2D eigenvalue weighted by atomic mass is 35.5. The molecule has 2 unspecified atom stereocenters. The largest absolute Gasteiger partial charge is 0.508 e. The number of phenols is 1. The fourth-order valence-electron chi connectivity index (χ4n) is 2.92. The van der Waals surface area contributed by atoms with E-state index in [0.717, 1.165) is 17.5 Å². The van der Waals surface area contributed by atoms with E-state index in [1.165, 1.54) is 0 Å². The summed E-state index contributed by atoms with van der Waals surface area (Å²) in [6.07, 6.45) is 2.46. The molecule has 2 aromatic rings. The second-order valence-electron chi connectivity index (χ2n) is 5.16. The number of ether oxygens (including phenoxy) is 1. The predicted octanol–water partition coefficient (Wildman–Crippen LogP) is 3.12. The van der Waals surface area contributed by atoms with E-state index in [1.807, 2.05) is 36.4 Å². The van der Waals surface area contributed by atoms with Gasteiger partial charge in [0.05, 0.1) is 12.4 Å². The molecule has 4 nitrogen and oxygen atoms in total. The standard InChI is InChI=1S/C16H14N2O2.ClH/c19-12-6-7-13-14-9-16(18-10-17-14,20-15(13)8-12)11-4-2-1-3-5-11;/h1-8,10,14,19H,9H2,(H,17,18);1H. The van der Waals surface area contributed by atoms with Crippen molar-refractivity contribution in [3.05, 3.63) is 59.7 Å². The number of halogens is 1. The summed E-state index contributed by atoms with van der Waals surface area (Å²) in [7, 11) is 0. The number of hydrogen-bond donors (Lipinski definition) is 2. The summed E-state index contributed by atoms with van der Waals surface area (Å²) < 4.78 is 6.19. The van der Waals surface area contributed by atoms with Crippen LogP contribution in [0.15, 0.2) is 53.5 Å². The maximum atomic E-state index is 9.67. The molecule has 2 aromatic carbocycles. The van der Waals surface area contributed by atoms with E-state index in [1.54, 1.807) is 18.5 Å². The number of phenolic OH excluding ortho intramolecular Hbond substituents is 1. The van der Waals surface area contributed by atoms with Gasteiger partial charge < -0.3 is 15.2 Å². The van der Waals surface area contributed by atoms with Gasteiger partial charge in [-0.05, 0) is 12.1 Å². The summed E-state index contributed by atoms with van der Waals surface area (Å²) in [5, 5.41) is 12.9. The molecule has 0 radical (unpaired) electrons. The average Bonchev–Trinajstić information content (AvgIpc) is 2.48. The van der Waals surface area contributed by atoms with E-state index in [0.29, 0.717) is 5.75 Å². The third-order valence-electron chi connectivity index (χ3n) is 3.91. The van der Waals surface area contributed by atoms with Gasteiger partial charge in [-0.15, -0.1) is 12.4 Å². The first-order chi connectivity index (χ1) is 9.77. The molecule has 2 aliphatic heterocycles. The third kappa shape index (κ3) is 2.12. The van der Waals surface area contributed by atoms with E-state index >= 15 is 0 Å². The van der Waals surface area contributed by atoms with Crippen molar-refractivity contribution in [2.24, 2.45) is 4.99 Å². The van der Waals surface area contributed by atoms with Crippen LogP contribution in [0, 0.1) is 0 Å². The Hall–Kier alpha value is -2.20. The average molecular weight is 303 g/mol. The molecule has 108 valence electrons. The minimum atomic E-state index is -0.603. The van der Waals surface area contributed by atoms with Gasteiger partial charge in [-0.25, -0.2) is 0 Å². The second kappa shape index (κ2) is 4.97. The molecule has 0 aliphatic carbocycles. The fraction of sp³-hybridized carbons (Fsp3) is 0.188. The van der Waals surface area contributed by atoms with E-state index in [-0.39, 0.29) is 24.2 Å². The molecule has 2 bridgehead atoms. The summed E-state index contributed by atoms with van der Waals surface area (Å²) in [6.45, 7) is 0. The smallest absolute Gasteiger partial charge is 0.210 e. The van der Waals surface area contributed by atoms with E-state index in [2.05, 4.69) is 10.3 Å². The fourth-order valence-corrected chi connectivity index (χ4v) is 2.92. The van der Waals surface area contributed by atoms with E-state index < -0.39 is 5.72 Å². The van der Waals surface area contributed by atoms with Crippen LogP contribution < -0.4 is 10.1 Å². The van der Waals surface area contributed by atoms with Crippen molar-refractivity contribution in [1.29, 1.82) is 0 Å². The molecule has 0 saturated carbocycles. The monoisotopic (exact) mass is 302 g/mol. The molecule has 2 aliphatic rings. The van der Waals surface area contributed by atoms with Gasteiger partial charge in [0.25, 0.3) is 0 Å². The lowest BCUT2D eigenvalue weighted by atomic mass is 9.87. The van der Waals surface area contributed by atoms with Crippen LogP contribution in [0.25, 0.3) is 0 Å². The summed E-state index contributed by atoms with van der Waals surface area (Å²) in [4.78, 5) is 4.49. The SMILES string of the molecule is Cl.Oc1ccc2c(c1)OC1(c3ccccc3)CC2N=CN1. The zero-order valence-electron chi connectivity index (χ0n) is 11.2. The zero-order chi connectivity index (χ0) is 13.6. The van der Waals surface area contributed by atoms with Crippen molar-refractivity contribution in [3.8, 4) is 11.5 Å². The van der Waals surface area contributed by atoms with Gasteiger partial charge >= 0.3 is 0 Å². The molecule has 0 spiro atoms. The normalized spacial score (nSPS) is 25.0. The van der Waals surface area contributed by atoms with Crippen molar-refractivity contribution >= 4 is 18.7 Å². The Morgan fingerprint density at radius 1 is 1.19 bits per heavy atom. The highest BCUT2D eigenvalue weighted by Gasteiger charge is 2.44. The van der Waals surface area contributed by atoms with E-state index in [9.17, 15) is 5.11 Å². The van der Waals surface area contributed by atoms with Crippen molar-refractivity contribution in [2.45, 2.75) is 18.2 Å². The van der Waals surface area contributed by atoms with Gasteiger partial charge in [-0.1, -0.05) is 30.3 Å². The Balaban J connectivity index is 0.00000132. The van der Waals surface area contributed by atoms with Crippen molar-refractivity contribution in [3.63, 3.8) is 0 Å². The molecule has 0 fully saturated rings. The summed E-state index contributed by atoms with van der Waals surface area (Å²) in [5.41, 5.74) is 1.48. The maximum Gasteiger partial charge on any atom is 0.210 e.